The molecule has 0 bridgehead atoms. The number of rotatable bonds is 3. The maximum Gasteiger partial charge on any atom is 0.317 e. The molecule has 1 N–H and O–H groups in total. The van der Waals surface area contributed by atoms with Crippen molar-refractivity contribution in [2.75, 3.05) is 13.1 Å². The van der Waals surface area contributed by atoms with Crippen LogP contribution in [0, 0.1) is 5.82 Å². The van der Waals surface area contributed by atoms with Crippen LogP contribution in [0.3, 0.4) is 0 Å². The average Bonchev–Trinajstić information content (AvgIpc) is 2.99. The first-order valence-electron chi connectivity index (χ1n) is 8.55. The Morgan fingerprint density at radius 1 is 1.08 bits per heavy atom. The van der Waals surface area contributed by atoms with Gasteiger partial charge in [-0.25, -0.2) is 9.18 Å². The number of carbonyl (C=O) groups excluding carboxylic acids is 1. The number of amides is 2. The van der Waals surface area contributed by atoms with Gasteiger partial charge >= 0.3 is 6.03 Å². The molecule has 0 radical (unpaired) electrons. The molecule has 0 atom stereocenters. The first-order chi connectivity index (χ1) is 12.2. The van der Waals surface area contributed by atoms with Gasteiger partial charge in [-0.15, -0.1) is 0 Å². The minimum absolute atomic E-state index is 0.0429. The van der Waals surface area contributed by atoms with Crippen LogP contribution in [0.15, 0.2) is 54.6 Å². The second-order valence-corrected chi connectivity index (χ2v) is 6.38. The van der Waals surface area contributed by atoms with Crippen molar-refractivity contribution in [3.05, 3.63) is 71.7 Å². The van der Waals surface area contributed by atoms with E-state index in [1.807, 2.05) is 35.2 Å². The summed E-state index contributed by atoms with van der Waals surface area (Å²) in [6, 6.07) is 16.9. The lowest BCUT2D eigenvalue weighted by molar-refractivity contribution is 0.184. The molecule has 2 aromatic carbocycles. The van der Waals surface area contributed by atoms with E-state index < -0.39 is 0 Å². The van der Waals surface area contributed by atoms with Gasteiger partial charge < -0.3 is 14.8 Å². The molecule has 0 saturated heterocycles. The van der Waals surface area contributed by atoms with Crippen LogP contribution in [-0.4, -0.2) is 28.6 Å². The molecule has 128 valence electrons. The number of aromatic nitrogens is 1. The molecule has 2 amide bonds. The Balaban J connectivity index is 1.40. The third-order valence-corrected chi connectivity index (χ3v) is 4.72. The van der Waals surface area contributed by atoms with Gasteiger partial charge in [0.25, 0.3) is 0 Å². The molecule has 25 heavy (non-hydrogen) atoms. The van der Waals surface area contributed by atoms with Crippen molar-refractivity contribution in [1.29, 1.82) is 0 Å². The molecule has 2 heterocycles. The summed E-state index contributed by atoms with van der Waals surface area (Å²) in [5.41, 5.74) is 3.29. The highest BCUT2D eigenvalue weighted by Gasteiger charge is 2.22. The molecule has 4 rings (SSSR count). The fraction of sp³-hybridized carbons (Fsp3) is 0.250. The fourth-order valence-electron chi connectivity index (χ4n) is 3.43. The number of hydrogen-bond acceptors (Lipinski definition) is 1. The fourth-order valence-corrected chi connectivity index (χ4v) is 3.43. The van der Waals surface area contributed by atoms with Gasteiger partial charge in [-0.05, 0) is 36.2 Å². The first-order valence-corrected chi connectivity index (χ1v) is 8.55. The van der Waals surface area contributed by atoms with E-state index in [1.54, 1.807) is 6.07 Å². The lowest BCUT2D eigenvalue weighted by Gasteiger charge is -2.29. The van der Waals surface area contributed by atoms with Crippen LogP contribution in [0.25, 0.3) is 10.9 Å². The maximum absolute atomic E-state index is 13.4. The summed E-state index contributed by atoms with van der Waals surface area (Å²) >= 11 is 0. The number of nitrogens with zero attached hydrogens (tertiary/aromatic N) is 2. The van der Waals surface area contributed by atoms with Crippen LogP contribution in [-0.2, 0) is 19.5 Å². The Morgan fingerprint density at radius 3 is 2.76 bits per heavy atom. The van der Waals surface area contributed by atoms with Gasteiger partial charge in [0.1, 0.15) is 5.82 Å². The molecule has 0 saturated carbocycles. The Labute approximate surface area is 145 Å². The van der Waals surface area contributed by atoms with Crippen LogP contribution in [0.5, 0.6) is 0 Å². The molecule has 4 nitrogen and oxygen atoms in total. The molecule has 0 spiro atoms. The maximum atomic E-state index is 13.4. The highest BCUT2D eigenvalue weighted by Crippen LogP contribution is 2.24. The van der Waals surface area contributed by atoms with Gasteiger partial charge in [-0.1, -0.05) is 30.3 Å². The van der Waals surface area contributed by atoms with Crippen LogP contribution in [0.1, 0.15) is 11.3 Å². The predicted molar refractivity (Wildman–Crippen MR) is 95.9 cm³/mol. The van der Waals surface area contributed by atoms with Crippen LogP contribution in [0.4, 0.5) is 9.18 Å². The number of fused-ring (bicyclic) bond motifs is 3. The molecule has 0 aliphatic carbocycles. The predicted octanol–water partition coefficient (Wildman–Crippen LogP) is 3.55. The largest absolute Gasteiger partial charge is 0.341 e. The van der Waals surface area contributed by atoms with E-state index in [9.17, 15) is 9.18 Å². The molecular formula is C20H20FN3O. The Hall–Kier alpha value is -2.82. The smallest absolute Gasteiger partial charge is 0.317 e. The van der Waals surface area contributed by atoms with Crippen molar-refractivity contribution < 1.29 is 9.18 Å². The summed E-state index contributed by atoms with van der Waals surface area (Å²) < 4.78 is 15.6. The van der Waals surface area contributed by atoms with Crippen LogP contribution in [0.2, 0.25) is 0 Å². The average molecular weight is 337 g/mol. The van der Waals surface area contributed by atoms with Gasteiger partial charge in [0.2, 0.25) is 0 Å². The summed E-state index contributed by atoms with van der Waals surface area (Å²) in [5, 5.41) is 3.88. The SMILES string of the molecule is O=C(NCCc1ccccc1)N1CCn2c(cc3cc(F)ccc32)C1. The van der Waals surface area contributed by atoms with Gasteiger partial charge in [-0.2, -0.15) is 0 Å². The Morgan fingerprint density at radius 2 is 1.92 bits per heavy atom. The van der Waals surface area contributed by atoms with Crippen molar-refractivity contribution >= 4 is 16.9 Å². The van der Waals surface area contributed by atoms with E-state index in [1.165, 1.54) is 11.6 Å². The Kier molecular flexibility index (Phi) is 4.14. The molecule has 1 aliphatic rings. The number of hydrogen-bond donors (Lipinski definition) is 1. The van der Waals surface area contributed by atoms with Gasteiger partial charge in [0.15, 0.2) is 0 Å². The summed E-state index contributed by atoms with van der Waals surface area (Å²) in [7, 11) is 0. The van der Waals surface area contributed by atoms with Crippen LogP contribution < -0.4 is 5.32 Å². The third-order valence-electron chi connectivity index (χ3n) is 4.72. The summed E-state index contributed by atoms with van der Waals surface area (Å²) in [6.45, 7) is 2.56. The monoisotopic (exact) mass is 337 g/mol. The normalized spacial score (nSPS) is 13.7. The zero-order valence-electron chi connectivity index (χ0n) is 13.9. The minimum atomic E-state index is -0.231. The van der Waals surface area contributed by atoms with Crippen molar-refractivity contribution in [2.24, 2.45) is 0 Å². The van der Waals surface area contributed by atoms with Crippen molar-refractivity contribution in [1.82, 2.24) is 14.8 Å². The topological polar surface area (TPSA) is 37.3 Å². The number of nitrogens with one attached hydrogen (secondary N) is 1. The highest BCUT2D eigenvalue weighted by molar-refractivity contribution is 5.82. The molecular weight excluding hydrogens is 317 g/mol. The zero-order valence-corrected chi connectivity index (χ0v) is 13.9. The molecule has 1 aromatic heterocycles. The van der Waals surface area contributed by atoms with E-state index in [2.05, 4.69) is 22.0 Å². The zero-order chi connectivity index (χ0) is 17.2. The molecule has 3 aromatic rings. The lowest BCUT2D eigenvalue weighted by Crippen LogP contribution is -2.44. The van der Waals surface area contributed by atoms with Gasteiger partial charge in [0.05, 0.1) is 6.54 Å². The van der Waals surface area contributed by atoms with Crippen molar-refractivity contribution in [2.45, 2.75) is 19.5 Å². The molecule has 1 aliphatic heterocycles. The molecule has 0 unspecified atom stereocenters. The standard InChI is InChI=1S/C20H20FN3O/c21-17-6-7-19-16(12-17)13-18-14-23(10-11-24(18)19)20(25)22-9-8-15-4-2-1-3-5-15/h1-7,12-13H,8-11,14H2,(H,22,25). The van der Waals surface area contributed by atoms with E-state index in [0.29, 0.717) is 19.6 Å². The Bertz CT molecular complexity index is 904. The minimum Gasteiger partial charge on any atom is -0.341 e. The second-order valence-electron chi connectivity index (χ2n) is 6.38. The third kappa shape index (κ3) is 3.22. The number of carbonyl (C=O) groups is 1. The summed E-state index contributed by atoms with van der Waals surface area (Å²) in [4.78, 5) is 14.2. The second kappa shape index (κ2) is 6.59. The molecule has 5 heteroatoms. The number of benzene rings is 2. The van der Waals surface area contributed by atoms with Crippen molar-refractivity contribution in [3.63, 3.8) is 0 Å². The summed E-state index contributed by atoms with van der Waals surface area (Å²) in [5.74, 6) is -0.231. The highest BCUT2D eigenvalue weighted by atomic mass is 19.1. The molecule has 0 fully saturated rings. The lowest BCUT2D eigenvalue weighted by atomic mass is 10.1. The number of urea groups is 1. The summed E-state index contributed by atoms with van der Waals surface area (Å²) in [6.07, 6.45) is 0.819. The van der Waals surface area contributed by atoms with Crippen LogP contribution >= 0.6 is 0 Å². The first kappa shape index (κ1) is 15.7. The van der Waals surface area contributed by atoms with Gasteiger partial charge in [0, 0.05) is 36.2 Å². The van der Waals surface area contributed by atoms with E-state index in [4.69, 9.17) is 0 Å². The van der Waals surface area contributed by atoms with E-state index >= 15 is 0 Å². The van der Waals surface area contributed by atoms with Gasteiger partial charge in [-0.3, -0.25) is 0 Å². The van der Waals surface area contributed by atoms with E-state index in [0.717, 1.165) is 29.6 Å². The van der Waals surface area contributed by atoms with E-state index in [-0.39, 0.29) is 11.8 Å². The quantitative estimate of drug-likeness (QED) is 0.780. The number of halogens is 1. The van der Waals surface area contributed by atoms with Crippen molar-refractivity contribution in [3.8, 4) is 0 Å².